The fourth-order valence-electron chi connectivity index (χ4n) is 2.15. The van der Waals surface area contributed by atoms with Crippen molar-refractivity contribution in [2.24, 2.45) is 5.41 Å². The number of hydrogen-bond acceptors (Lipinski definition) is 4. The second kappa shape index (κ2) is 8.01. The van der Waals surface area contributed by atoms with E-state index in [2.05, 4.69) is 5.32 Å². The minimum atomic E-state index is 0.302. The summed E-state index contributed by atoms with van der Waals surface area (Å²) in [5.41, 5.74) is 0.302. The lowest BCUT2D eigenvalue weighted by atomic mass is 9.84. The summed E-state index contributed by atoms with van der Waals surface area (Å²) in [7, 11) is 3.72. The second-order valence-electron chi connectivity index (χ2n) is 4.54. The van der Waals surface area contributed by atoms with Gasteiger partial charge in [0, 0.05) is 45.5 Å². The molecule has 96 valence electrons. The molecule has 0 aromatic heterocycles. The van der Waals surface area contributed by atoms with Gasteiger partial charge in [0.1, 0.15) is 0 Å². The summed E-state index contributed by atoms with van der Waals surface area (Å²) in [5.74, 6) is 0. The van der Waals surface area contributed by atoms with Crippen molar-refractivity contribution in [2.75, 3.05) is 53.7 Å². The van der Waals surface area contributed by atoms with Gasteiger partial charge in [0.15, 0.2) is 0 Å². The van der Waals surface area contributed by atoms with E-state index in [1.54, 1.807) is 7.11 Å². The predicted octanol–water partition coefficient (Wildman–Crippen LogP) is 1.06. The molecule has 1 rings (SSSR count). The van der Waals surface area contributed by atoms with Crippen molar-refractivity contribution >= 4 is 0 Å². The van der Waals surface area contributed by atoms with Crippen molar-refractivity contribution < 1.29 is 14.2 Å². The Labute approximate surface area is 98.6 Å². The largest absolute Gasteiger partial charge is 0.385 e. The number of rotatable bonds is 9. The zero-order valence-corrected chi connectivity index (χ0v) is 10.6. The van der Waals surface area contributed by atoms with Gasteiger partial charge in [-0.15, -0.1) is 0 Å². The van der Waals surface area contributed by atoms with Crippen LogP contribution in [0.15, 0.2) is 0 Å². The van der Waals surface area contributed by atoms with Crippen LogP contribution in [-0.2, 0) is 14.2 Å². The normalized spacial score (nSPS) is 25.1. The molecule has 1 N–H and O–H groups in total. The molecular formula is C12H25NO3. The Morgan fingerprint density at radius 3 is 2.81 bits per heavy atom. The highest BCUT2D eigenvalue weighted by Gasteiger charge is 2.33. The van der Waals surface area contributed by atoms with E-state index in [1.807, 2.05) is 7.05 Å². The molecule has 0 aromatic carbocycles. The Morgan fingerprint density at radius 1 is 1.31 bits per heavy atom. The summed E-state index contributed by atoms with van der Waals surface area (Å²) in [6, 6.07) is 0. The molecule has 1 saturated heterocycles. The molecule has 16 heavy (non-hydrogen) atoms. The van der Waals surface area contributed by atoms with Crippen molar-refractivity contribution in [3.63, 3.8) is 0 Å². The Morgan fingerprint density at radius 2 is 2.19 bits per heavy atom. The smallest absolute Gasteiger partial charge is 0.0536 e. The van der Waals surface area contributed by atoms with E-state index in [0.29, 0.717) is 5.41 Å². The van der Waals surface area contributed by atoms with Gasteiger partial charge in [-0.3, -0.25) is 0 Å². The first-order valence-electron chi connectivity index (χ1n) is 6.12. The van der Waals surface area contributed by atoms with E-state index in [4.69, 9.17) is 14.2 Å². The molecule has 1 heterocycles. The molecule has 0 aliphatic carbocycles. The first-order valence-corrected chi connectivity index (χ1v) is 6.12. The fourth-order valence-corrected chi connectivity index (χ4v) is 2.15. The van der Waals surface area contributed by atoms with Gasteiger partial charge < -0.3 is 19.5 Å². The Balaban J connectivity index is 2.08. The minimum absolute atomic E-state index is 0.302. The maximum atomic E-state index is 5.61. The molecule has 4 heteroatoms. The van der Waals surface area contributed by atoms with Gasteiger partial charge in [-0.1, -0.05) is 0 Å². The minimum Gasteiger partial charge on any atom is -0.385 e. The Hall–Kier alpha value is -0.160. The SMILES string of the molecule is CNCC1(CCOCCCOC)CCOC1. The van der Waals surface area contributed by atoms with Crippen LogP contribution >= 0.6 is 0 Å². The van der Waals surface area contributed by atoms with Gasteiger partial charge >= 0.3 is 0 Å². The summed E-state index contributed by atoms with van der Waals surface area (Å²) < 4.78 is 16.1. The summed E-state index contributed by atoms with van der Waals surface area (Å²) in [6.07, 6.45) is 3.21. The molecule has 0 aromatic rings. The van der Waals surface area contributed by atoms with E-state index in [1.165, 1.54) is 0 Å². The van der Waals surface area contributed by atoms with E-state index < -0.39 is 0 Å². The first kappa shape index (κ1) is 13.9. The molecular weight excluding hydrogens is 206 g/mol. The molecule has 1 aliphatic rings. The summed E-state index contributed by atoms with van der Waals surface area (Å²) in [6.45, 7) is 5.19. The fraction of sp³-hybridized carbons (Fsp3) is 1.00. The molecule has 1 unspecified atom stereocenters. The third-order valence-electron chi connectivity index (χ3n) is 3.15. The molecule has 1 fully saturated rings. The number of ether oxygens (including phenoxy) is 3. The van der Waals surface area contributed by atoms with Gasteiger partial charge in [-0.25, -0.2) is 0 Å². The van der Waals surface area contributed by atoms with Crippen molar-refractivity contribution in [1.82, 2.24) is 5.32 Å². The zero-order valence-electron chi connectivity index (χ0n) is 10.6. The van der Waals surface area contributed by atoms with E-state index in [0.717, 1.165) is 58.8 Å². The van der Waals surface area contributed by atoms with Gasteiger partial charge in [0.05, 0.1) is 6.61 Å². The van der Waals surface area contributed by atoms with Crippen LogP contribution in [-0.4, -0.2) is 53.7 Å². The lowest BCUT2D eigenvalue weighted by Gasteiger charge is -2.26. The van der Waals surface area contributed by atoms with Gasteiger partial charge in [0.2, 0.25) is 0 Å². The molecule has 0 spiro atoms. The standard InChI is InChI=1S/C12H25NO3/c1-13-10-12(5-9-16-11-12)4-8-15-7-3-6-14-2/h13H,3-11H2,1-2H3. The van der Waals surface area contributed by atoms with Gasteiger partial charge in [-0.2, -0.15) is 0 Å². The molecule has 1 atom stereocenters. The van der Waals surface area contributed by atoms with Crippen molar-refractivity contribution in [3.8, 4) is 0 Å². The van der Waals surface area contributed by atoms with Crippen LogP contribution in [0.25, 0.3) is 0 Å². The molecule has 0 saturated carbocycles. The zero-order chi connectivity index (χ0) is 11.7. The summed E-state index contributed by atoms with van der Waals surface area (Å²) in [4.78, 5) is 0. The van der Waals surface area contributed by atoms with Crippen molar-refractivity contribution in [2.45, 2.75) is 19.3 Å². The first-order chi connectivity index (χ1) is 7.83. The Bertz CT molecular complexity index is 170. The van der Waals surface area contributed by atoms with E-state index >= 15 is 0 Å². The van der Waals surface area contributed by atoms with E-state index in [-0.39, 0.29) is 0 Å². The highest BCUT2D eigenvalue weighted by molar-refractivity contribution is 4.84. The third-order valence-corrected chi connectivity index (χ3v) is 3.15. The quantitative estimate of drug-likeness (QED) is 0.602. The Kier molecular flexibility index (Phi) is 6.96. The maximum Gasteiger partial charge on any atom is 0.0536 e. The monoisotopic (exact) mass is 231 g/mol. The summed E-state index contributed by atoms with van der Waals surface area (Å²) >= 11 is 0. The lowest BCUT2D eigenvalue weighted by Crippen LogP contribution is -2.34. The van der Waals surface area contributed by atoms with Crippen molar-refractivity contribution in [1.29, 1.82) is 0 Å². The highest BCUT2D eigenvalue weighted by atomic mass is 16.5. The average molecular weight is 231 g/mol. The van der Waals surface area contributed by atoms with Crippen LogP contribution < -0.4 is 5.32 Å². The number of hydrogen-bond donors (Lipinski definition) is 1. The van der Waals surface area contributed by atoms with Gasteiger partial charge in [0.25, 0.3) is 0 Å². The predicted molar refractivity (Wildman–Crippen MR) is 63.7 cm³/mol. The van der Waals surface area contributed by atoms with Crippen LogP contribution in [0.2, 0.25) is 0 Å². The van der Waals surface area contributed by atoms with Crippen LogP contribution in [0.3, 0.4) is 0 Å². The maximum absolute atomic E-state index is 5.61. The van der Waals surface area contributed by atoms with Crippen LogP contribution in [0, 0.1) is 5.41 Å². The van der Waals surface area contributed by atoms with Crippen LogP contribution in [0.1, 0.15) is 19.3 Å². The molecule has 4 nitrogen and oxygen atoms in total. The lowest BCUT2D eigenvalue weighted by molar-refractivity contribution is 0.0685. The average Bonchev–Trinajstić information content (AvgIpc) is 2.73. The van der Waals surface area contributed by atoms with Gasteiger partial charge in [-0.05, 0) is 26.3 Å². The van der Waals surface area contributed by atoms with Crippen LogP contribution in [0.5, 0.6) is 0 Å². The molecule has 0 radical (unpaired) electrons. The number of methoxy groups -OCH3 is 1. The van der Waals surface area contributed by atoms with Crippen molar-refractivity contribution in [3.05, 3.63) is 0 Å². The molecule has 1 aliphatic heterocycles. The third kappa shape index (κ3) is 4.78. The number of nitrogens with one attached hydrogen (secondary N) is 1. The molecule has 0 bridgehead atoms. The second-order valence-corrected chi connectivity index (χ2v) is 4.54. The summed E-state index contributed by atoms with van der Waals surface area (Å²) in [5, 5.41) is 3.26. The van der Waals surface area contributed by atoms with Crippen LogP contribution in [0.4, 0.5) is 0 Å². The molecule has 0 amide bonds. The topological polar surface area (TPSA) is 39.7 Å². The highest BCUT2D eigenvalue weighted by Crippen LogP contribution is 2.31. The van der Waals surface area contributed by atoms with E-state index in [9.17, 15) is 0 Å².